The molecule has 17 heavy (non-hydrogen) atoms. The van der Waals surface area contributed by atoms with Crippen molar-refractivity contribution in [3.05, 3.63) is 10.7 Å². The Labute approximate surface area is 109 Å². The largest absolute Gasteiger partial charge is 0.384 e. The van der Waals surface area contributed by atoms with Crippen molar-refractivity contribution in [2.75, 3.05) is 26.8 Å². The number of hydrogen-bond acceptors (Lipinski definition) is 5. The van der Waals surface area contributed by atoms with Gasteiger partial charge in [0.05, 0.1) is 12.8 Å². The number of ether oxygens (including phenoxy) is 1. The number of nitrogens with zero attached hydrogens (tertiary/aromatic N) is 2. The van der Waals surface area contributed by atoms with E-state index in [4.69, 9.17) is 16.3 Å². The molecule has 1 aliphatic heterocycles. The first kappa shape index (κ1) is 13.2. The van der Waals surface area contributed by atoms with Crippen LogP contribution in [0.25, 0.3) is 0 Å². The molecule has 2 heterocycles. The first-order valence-corrected chi connectivity index (χ1v) is 7.78. The maximum atomic E-state index is 12.2. The average molecular weight is 297 g/mol. The molecule has 1 aromatic rings. The van der Waals surface area contributed by atoms with Gasteiger partial charge in [-0.3, -0.25) is 0 Å². The molecule has 1 fully saturated rings. The quantitative estimate of drug-likeness (QED) is 0.844. The second-order valence-corrected chi connectivity index (χ2v) is 7.68. The Hall–Kier alpha value is -0.210. The van der Waals surface area contributed by atoms with E-state index in [-0.39, 0.29) is 14.6 Å². The summed E-state index contributed by atoms with van der Waals surface area (Å²) in [4.78, 5) is 3.76. The van der Waals surface area contributed by atoms with Crippen LogP contribution in [0.1, 0.15) is 6.42 Å². The molecular weight excluding hydrogens is 284 g/mol. The Balaban J connectivity index is 2.13. The molecule has 0 saturated carbocycles. The summed E-state index contributed by atoms with van der Waals surface area (Å²) in [5, 5.41) is 0. The zero-order chi connectivity index (χ0) is 12.5. The summed E-state index contributed by atoms with van der Waals surface area (Å²) in [6, 6.07) is 0. The van der Waals surface area contributed by atoms with Gasteiger partial charge in [-0.25, -0.2) is 13.4 Å². The molecule has 1 saturated heterocycles. The van der Waals surface area contributed by atoms with Gasteiger partial charge in [0.1, 0.15) is 0 Å². The van der Waals surface area contributed by atoms with Crippen LogP contribution in [-0.2, 0) is 14.8 Å². The Kier molecular flexibility index (Phi) is 4.04. The Morgan fingerprint density at radius 2 is 2.47 bits per heavy atom. The molecule has 0 aromatic carbocycles. The van der Waals surface area contributed by atoms with Gasteiger partial charge >= 0.3 is 0 Å². The number of thiazole rings is 1. The van der Waals surface area contributed by atoms with Crippen molar-refractivity contribution in [3.63, 3.8) is 0 Å². The standard InChI is InChI=1S/C9H13ClN2O3S2/c1-15-6-7-2-3-12(5-7)17(13,14)8-4-11-9(10)16-8/h4,7H,2-3,5-6H2,1H3. The zero-order valence-electron chi connectivity index (χ0n) is 9.30. The van der Waals surface area contributed by atoms with Crippen LogP contribution >= 0.6 is 22.9 Å². The van der Waals surface area contributed by atoms with E-state index in [1.807, 2.05) is 0 Å². The van der Waals surface area contributed by atoms with Crippen LogP contribution in [0, 0.1) is 5.92 Å². The van der Waals surface area contributed by atoms with Gasteiger partial charge in [-0.2, -0.15) is 4.31 Å². The van der Waals surface area contributed by atoms with Crippen molar-refractivity contribution < 1.29 is 13.2 Å². The van der Waals surface area contributed by atoms with Gasteiger partial charge in [-0.1, -0.05) is 22.9 Å². The molecule has 1 aromatic heterocycles. The zero-order valence-corrected chi connectivity index (χ0v) is 11.7. The predicted molar refractivity (Wildman–Crippen MR) is 65.9 cm³/mol. The molecule has 1 aliphatic rings. The van der Waals surface area contributed by atoms with Crippen molar-refractivity contribution in [3.8, 4) is 0 Å². The average Bonchev–Trinajstić information content (AvgIpc) is 2.88. The number of methoxy groups -OCH3 is 1. The normalized spacial score (nSPS) is 22.1. The number of rotatable bonds is 4. The molecule has 5 nitrogen and oxygen atoms in total. The van der Waals surface area contributed by atoms with Crippen molar-refractivity contribution in [2.24, 2.45) is 5.92 Å². The van der Waals surface area contributed by atoms with Gasteiger partial charge in [-0.05, 0) is 12.3 Å². The van der Waals surface area contributed by atoms with Crippen LogP contribution in [0.15, 0.2) is 10.4 Å². The van der Waals surface area contributed by atoms with Crippen LogP contribution in [-0.4, -0.2) is 44.5 Å². The van der Waals surface area contributed by atoms with Crippen LogP contribution in [0.2, 0.25) is 4.47 Å². The molecule has 0 N–H and O–H groups in total. The van der Waals surface area contributed by atoms with E-state index in [0.29, 0.717) is 19.7 Å². The van der Waals surface area contributed by atoms with E-state index in [1.54, 1.807) is 7.11 Å². The summed E-state index contributed by atoms with van der Waals surface area (Å²) in [5.41, 5.74) is 0. The lowest BCUT2D eigenvalue weighted by Gasteiger charge is -2.14. The molecule has 2 rings (SSSR count). The lowest BCUT2D eigenvalue weighted by molar-refractivity contribution is 0.157. The monoisotopic (exact) mass is 296 g/mol. The van der Waals surface area contributed by atoms with Crippen molar-refractivity contribution in [1.82, 2.24) is 9.29 Å². The molecule has 0 spiro atoms. The van der Waals surface area contributed by atoms with Crippen LogP contribution < -0.4 is 0 Å². The van der Waals surface area contributed by atoms with Gasteiger partial charge < -0.3 is 4.74 Å². The minimum Gasteiger partial charge on any atom is -0.384 e. The van der Waals surface area contributed by atoms with E-state index in [1.165, 1.54) is 10.5 Å². The molecule has 0 amide bonds. The summed E-state index contributed by atoms with van der Waals surface area (Å²) in [7, 11) is -1.79. The van der Waals surface area contributed by atoms with E-state index in [0.717, 1.165) is 17.8 Å². The third kappa shape index (κ3) is 2.79. The van der Waals surface area contributed by atoms with E-state index in [2.05, 4.69) is 4.98 Å². The number of hydrogen-bond donors (Lipinski definition) is 0. The van der Waals surface area contributed by atoms with Crippen molar-refractivity contribution in [1.29, 1.82) is 0 Å². The summed E-state index contributed by atoms with van der Waals surface area (Å²) < 4.78 is 31.4. The minimum absolute atomic E-state index is 0.209. The minimum atomic E-state index is -3.42. The molecule has 0 bridgehead atoms. The van der Waals surface area contributed by atoms with E-state index in [9.17, 15) is 8.42 Å². The van der Waals surface area contributed by atoms with Crippen molar-refractivity contribution >= 4 is 33.0 Å². The first-order valence-electron chi connectivity index (χ1n) is 5.14. The van der Waals surface area contributed by atoms with Gasteiger partial charge in [0.15, 0.2) is 8.68 Å². The predicted octanol–water partition coefficient (Wildman–Crippen LogP) is 1.45. The third-order valence-electron chi connectivity index (χ3n) is 2.70. The number of aromatic nitrogens is 1. The molecule has 96 valence electrons. The second-order valence-electron chi connectivity index (χ2n) is 3.91. The second kappa shape index (κ2) is 5.19. The smallest absolute Gasteiger partial charge is 0.254 e. The van der Waals surface area contributed by atoms with Crippen LogP contribution in [0.3, 0.4) is 0 Å². The Bertz CT molecular complexity index is 488. The number of halogens is 1. The van der Waals surface area contributed by atoms with Crippen LogP contribution in [0.5, 0.6) is 0 Å². The van der Waals surface area contributed by atoms with Gasteiger partial charge in [0.25, 0.3) is 10.0 Å². The van der Waals surface area contributed by atoms with Gasteiger partial charge in [-0.15, -0.1) is 0 Å². The Morgan fingerprint density at radius 1 is 1.71 bits per heavy atom. The van der Waals surface area contributed by atoms with E-state index < -0.39 is 10.0 Å². The molecule has 1 unspecified atom stereocenters. The fraction of sp³-hybridized carbons (Fsp3) is 0.667. The first-order chi connectivity index (χ1) is 8.04. The van der Waals surface area contributed by atoms with E-state index >= 15 is 0 Å². The summed E-state index contributed by atoms with van der Waals surface area (Å²) in [6.07, 6.45) is 2.14. The molecule has 0 radical (unpaired) electrons. The highest BCUT2D eigenvalue weighted by molar-refractivity contribution is 7.91. The fourth-order valence-electron chi connectivity index (χ4n) is 1.87. The van der Waals surface area contributed by atoms with Gasteiger partial charge in [0, 0.05) is 20.2 Å². The topological polar surface area (TPSA) is 59.5 Å². The SMILES string of the molecule is COCC1CCN(S(=O)(=O)c2cnc(Cl)s2)C1. The molecule has 8 heteroatoms. The van der Waals surface area contributed by atoms with Crippen molar-refractivity contribution in [2.45, 2.75) is 10.6 Å². The van der Waals surface area contributed by atoms with Gasteiger partial charge in [0.2, 0.25) is 0 Å². The molecule has 0 aliphatic carbocycles. The number of sulfonamides is 1. The lowest BCUT2D eigenvalue weighted by Crippen LogP contribution is -2.28. The third-order valence-corrected chi connectivity index (χ3v) is 6.12. The lowest BCUT2D eigenvalue weighted by atomic mass is 10.1. The molecule has 1 atom stereocenters. The highest BCUT2D eigenvalue weighted by atomic mass is 35.5. The fourth-order valence-corrected chi connectivity index (χ4v) is 4.85. The summed E-state index contributed by atoms with van der Waals surface area (Å²) in [5.74, 6) is 0.276. The van der Waals surface area contributed by atoms with Crippen LogP contribution in [0.4, 0.5) is 0 Å². The summed E-state index contributed by atoms with van der Waals surface area (Å²) >= 11 is 6.65. The highest BCUT2D eigenvalue weighted by Gasteiger charge is 2.33. The highest BCUT2D eigenvalue weighted by Crippen LogP contribution is 2.29. The Morgan fingerprint density at radius 3 is 3.06 bits per heavy atom. The summed E-state index contributed by atoms with van der Waals surface area (Å²) in [6.45, 7) is 1.63. The molecular formula is C9H13ClN2O3S2. The maximum Gasteiger partial charge on any atom is 0.254 e. The maximum absolute atomic E-state index is 12.2.